The fraction of sp³-hybridized carbons (Fsp3) is 0.650. The largest absolute Gasteiger partial charge is 0.476 e. The Morgan fingerprint density at radius 1 is 1.26 bits per heavy atom. The Balaban J connectivity index is 0.00000480. The molecule has 31 heavy (non-hydrogen) atoms. The van der Waals surface area contributed by atoms with Crippen molar-refractivity contribution in [1.29, 1.82) is 0 Å². The molecule has 1 aromatic heterocycles. The summed E-state index contributed by atoms with van der Waals surface area (Å²) in [6.07, 6.45) is 0.0251. The van der Waals surface area contributed by atoms with Crippen molar-refractivity contribution < 1.29 is 22.7 Å². The number of nitrogens with one attached hydrogen (secondary N) is 2. The number of rotatable bonds is 8. The van der Waals surface area contributed by atoms with Gasteiger partial charge in [-0.1, -0.05) is 12.8 Å². The van der Waals surface area contributed by atoms with Gasteiger partial charge in [-0.25, -0.2) is 4.98 Å². The molecule has 1 saturated carbocycles. The number of carbonyl (C=O) groups is 1. The standard InChI is InChI=1S/C20H30F3N5O2.HI/c1-4-24-18(27-14-19(9-5-6-10-19)17(29)28(2)3)25-11-12-30-16-8-7-15(13-26-16)20(21,22)23;/h7-8,13H,4-6,9-12,14H2,1-3H3,(H2,24,25,27);1H. The van der Waals surface area contributed by atoms with E-state index in [9.17, 15) is 18.0 Å². The van der Waals surface area contributed by atoms with E-state index in [4.69, 9.17) is 4.74 Å². The lowest BCUT2D eigenvalue weighted by atomic mass is 9.85. The highest BCUT2D eigenvalue weighted by molar-refractivity contribution is 14.0. The molecule has 1 aromatic rings. The Labute approximate surface area is 198 Å². The SMILES string of the molecule is CCNC(=NCC1(C(=O)N(C)C)CCCC1)NCCOc1ccc(C(F)(F)F)cn1.I. The van der Waals surface area contributed by atoms with Gasteiger partial charge in [0.05, 0.1) is 24.1 Å². The van der Waals surface area contributed by atoms with E-state index >= 15 is 0 Å². The van der Waals surface area contributed by atoms with Crippen LogP contribution in [0.1, 0.15) is 38.2 Å². The molecule has 0 spiro atoms. The third kappa shape index (κ3) is 8.00. The van der Waals surface area contributed by atoms with E-state index in [0.717, 1.165) is 37.9 Å². The van der Waals surface area contributed by atoms with Crippen molar-refractivity contribution in [2.75, 3.05) is 40.3 Å². The van der Waals surface area contributed by atoms with Gasteiger partial charge in [-0.2, -0.15) is 13.2 Å². The summed E-state index contributed by atoms with van der Waals surface area (Å²) in [5.74, 6) is 0.795. The maximum absolute atomic E-state index is 12.7. The predicted octanol–water partition coefficient (Wildman–Crippen LogP) is 3.30. The van der Waals surface area contributed by atoms with Crippen LogP contribution in [-0.4, -0.2) is 62.1 Å². The zero-order chi connectivity index (χ0) is 22.2. The Morgan fingerprint density at radius 2 is 1.94 bits per heavy atom. The van der Waals surface area contributed by atoms with Crippen molar-refractivity contribution in [1.82, 2.24) is 20.5 Å². The molecule has 2 rings (SSSR count). The number of pyridine rings is 1. The van der Waals surface area contributed by atoms with E-state index in [-0.39, 0.29) is 42.4 Å². The molecule has 2 N–H and O–H groups in total. The highest BCUT2D eigenvalue weighted by Crippen LogP contribution is 2.39. The topological polar surface area (TPSA) is 78.9 Å². The minimum absolute atomic E-state index is 0. The van der Waals surface area contributed by atoms with Crippen LogP contribution in [0.2, 0.25) is 0 Å². The van der Waals surface area contributed by atoms with E-state index in [1.54, 1.807) is 19.0 Å². The van der Waals surface area contributed by atoms with E-state index in [1.165, 1.54) is 6.07 Å². The van der Waals surface area contributed by atoms with Crippen molar-refractivity contribution in [3.05, 3.63) is 23.9 Å². The summed E-state index contributed by atoms with van der Waals surface area (Å²) < 4.78 is 43.1. The quantitative estimate of drug-likeness (QED) is 0.222. The highest BCUT2D eigenvalue weighted by Gasteiger charge is 2.42. The summed E-state index contributed by atoms with van der Waals surface area (Å²) >= 11 is 0. The number of halogens is 4. The van der Waals surface area contributed by atoms with E-state index in [2.05, 4.69) is 20.6 Å². The fourth-order valence-corrected chi connectivity index (χ4v) is 3.50. The first-order valence-corrected chi connectivity index (χ1v) is 10.1. The molecule has 0 bridgehead atoms. The monoisotopic (exact) mass is 557 g/mol. The molecule has 7 nitrogen and oxygen atoms in total. The van der Waals surface area contributed by atoms with Gasteiger partial charge in [0.2, 0.25) is 11.8 Å². The number of guanidine groups is 1. The molecule has 1 heterocycles. The van der Waals surface area contributed by atoms with Gasteiger partial charge in [-0.15, -0.1) is 24.0 Å². The third-order valence-electron chi connectivity index (χ3n) is 5.01. The molecule has 0 atom stereocenters. The van der Waals surface area contributed by atoms with Crippen LogP contribution in [0.25, 0.3) is 0 Å². The number of aromatic nitrogens is 1. The smallest absolute Gasteiger partial charge is 0.417 e. The van der Waals surface area contributed by atoms with Crippen LogP contribution in [0.4, 0.5) is 13.2 Å². The Morgan fingerprint density at radius 3 is 2.45 bits per heavy atom. The summed E-state index contributed by atoms with van der Waals surface area (Å²) in [6.45, 7) is 3.58. The second kappa shape index (κ2) is 12.3. The van der Waals surface area contributed by atoms with Gasteiger partial charge < -0.3 is 20.3 Å². The van der Waals surface area contributed by atoms with Crippen LogP contribution in [-0.2, 0) is 11.0 Å². The highest BCUT2D eigenvalue weighted by atomic mass is 127. The molecule has 1 amide bonds. The number of alkyl halides is 3. The minimum Gasteiger partial charge on any atom is -0.476 e. The molecule has 0 saturated heterocycles. The second-order valence-electron chi connectivity index (χ2n) is 7.54. The van der Waals surface area contributed by atoms with Crippen molar-refractivity contribution in [3.8, 4) is 5.88 Å². The lowest BCUT2D eigenvalue weighted by Crippen LogP contribution is -2.43. The summed E-state index contributed by atoms with van der Waals surface area (Å²) in [5.41, 5.74) is -1.27. The molecular weight excluding hydrogens is 526 g/mol. The maximum Gasteiger partial charge on any atom is 0.417 e. The summed E-state index contributed by atoms with van der Waals surface area (Å²) in [4.78, 5) is 22.6. The minimum atomic E-state index is -4.42. The normalized spacial score (nSPS) is 15.7. The van der Waals surface area contributed by atoms with Gasteiger partial charge in [0.25, 0.3) is 0 Å². The third-order valence-corrected chi connectivity index (χ3v) is 5.01. The van der Waals surface area contributed by atoms with Crippen molar-refractivity contribution in [2.24, 2.45) is 10.4 Å². The Kier molecular flexibility index (Phi) is 10.8. The zero-order valence-corrected chi connectivity index (χ0v) is 20.4. The first-order valence-electron chi connectivity index (χ1n) is 10.1. The molecule has 1 fully saturated rings. The van der Waals surface area contributed by atoms with Crippen LogP contribution in [0, 0.1) is 5.41 Å². The predicted molar refractivity (Wildman–Crippen MR) is 124 cm³/mol. The fourth-order valence-electron chi connectivity index (χ4n) is 3.50. The number of amides is 1. The lowest BCUT2D eigenvalue weighted by Gasteiger charge is -2.29. The van der Waals surface area contributed by atoms with E-state index < -0.39 is 17.2 Å². The lowest BCUT2D eigenvalue weighted by molar-refractivity contribution is -0.139. The summed E-state index contributed by atoms with van der Waals surface area (Å²) in [7, 11) is 3.53. The van der Waals surface area contributed by atoms with Crippen LogP contribution < -0.4 is 15.4 Å². The van der Waals surface area contributed by atoms with Crippen LogP contribution in [0.3, 0.4) is 0 Å². The molecule has 0 aliphatic heterocycles. The van der Waals surface area contributed by atoms with Crippen molar-refractivity contribution in [2.45, 2.75) is 38.8 Å². The number of hydrogen-bond donors (Lipinski definition) is 2. The first-order chi connectivity index (χ1) is 14.2. The number of carbonyl (C=O) groups excluding carboxylic acids is 1. The van der Waals surface area contributed by atoms with E-state index in [1.807, 2.05) is 6.92 Å². The molecule has 1 aliphatic rings. The molecule has 0 radical (unpaired) electrons. The van der Waals surface area contributed by atoms with Gasteiger partial charge in [0.15, 0.2) is 5.96 Å². The van der Waals surface area contributed by atoms with Crippen molar-refractivity contribution >= 4 is 35.8 Å². The zero-order valence-electron chi connectivity index (χ0n) is 18.1. The Hall–Kier alpha value is -1.79. The van der Waals surface area contributed by atoms with Gasteiger partial charge in [0, 0.05) is 32.9 Å². The summed E-state index contributed by atoms with van der Waals surface area (Å²) in [5, 5.41) is 6.25. The molecule has 176 valence electrons. The van der Waals surface area contributed by atoms with E-state index in [0.29, 0.717) is 25.6 Å². The number of hydrogen-bond acceptors (Lipinski definition) is 4. The number of aliphatic imine (C=N–C) groups is 1. The van der Waals surface area contributed by atoms with Crippen LogP contribution in [0.5, 0.6) is 5.88 Å². The molecule has 0 aromatic carbocycles. The number of nitrogens with zero attached hydrogens (tertiary/aromatic N) is 3. The van der Waals surface area contributed by atoms with Gasteiger partial charge >= 0.3 is 6.18 Å². The second-order valence-corrected chi connectivity index (χ2v) is 7.54. The first kappa shape index (κ1) is 27.2. The summed E-state index contributed by atoms with van der Waals surface area (Å²) in [6, 6.07) is 2.13. The van der Waals surface area contributed by atoms with Crippen molar-refractivity contribution in [3.63, 3.8) is 0 Å². The maximum atomic E-state index is 12.7. The Bertz CT molecular complexity index is 721. The van der Waals surface area contributed by atoms with Crippen LogP contribution in [0.15, 0.2) is 23.3 Å². The average molecular weight is 557 g/mol. The number of ether oxygens (including phenoxy) is 1. The van der Waals surface area contributed by atoms with Gasteiger partial charge in [-0.3, -0.25) is 9.79 Å². The van der Waals surface area contributed by atoms with Gasteiger partial charge in [-0.05, 0) is 25.8 Å². The molecule has 0 unspecified atom stereocenters. The molecule has 11 heteroatoms. The molecule has 1 aliphatic carbocycles. The average Bonchev–Trinajstić information content (AvgIpc) is 3.18. The van der Waals surface area contributed by atoms with Crippen LogP contribution >= 0.6 is 24.0 Å². The molecular formula is C20H31F3IN5O2. The van der Waals surface area contributed by atoms with Gasteiger partial charge in [0.1, 0.15) is 6.61 Å².